The van der Waals surface area contributed by atoms with Gasteiger partial charge in [-0.3, -0.25) is 14.5 Å². The Balaban J connectivity index is 1.52. The van der Waals surface area contributed by atoms with Gasteiger partial charge >= 0.3 is 0 Å². The highest BCUT2D eigenvalue weighted by Crippen LogP contribution is 2.21. The maximum Gasteiger partial charge on any atom is 0.237 e. The number of rotatable bonds is 6. The van der Waals surface area contributed by atoms with Crippen LogP contribution in [0.15, 0.2) is 40.3 Å². The van der Waals surface area contributed by atoms with Gasteiger partial charge in [-0.25, -0.2) is 4.98 Å². The minimum absolute atomic E-state index is 0.000894. The Labute approximate surface area is 171 Å². The van der Waals surface area contributed by atoms with Gasteiger partial charge in [0.1, 0.15) is 5.82 Å². The smallest absolute Gasteiger partial charge is 0.237 e. The van der Waals surface area contributed by atoms with Gasteiger partial charge in [-0.2, -0.15) is 0 Å². The van der Waals surface area contributed by atoms with Crippen LogP contribution in [-0.2, 0) is 16.1 Å². The number of amides is 2. The molecule has 2 amide bonds. The van der Waals surface area contributed by atoms with Crippen LogP contribution in [0.3, 0.4) is 0 Å². The lowest BCUT2D eigenvalue weighted by molar-refractivity contribution is -0.129. The maximum atomic E-state index is 12.6. The van der Waals surface area contributed by atoms with E-state index >= 15 is 0 Å². The highest BCUT2D eigenvalue weighted by Gasteiger charge is 2.31. The summed E-state index contributed by atoms with van der Waals surface area (Å²) >= 11 is 4.96. The monoisotopic (exact) mass is 450 g/mol. The Kier molecular flexibility index (Phi) is 6.98. The largest absolute Gasteiger partial charge is 0.350 e. The van der Waals surface area contributed by atoms with Gasteiger partial charge in [0.15, 0.2) is 0 Å². The molecule has 0 spiro atoms. The number of carbonyl (C=O) groups is 2. The highest BCUT2D eigenvalue weighted by molar-refractivity contribution is 9.10. The van der Waals surface area contributed by atoms with E-state index in [1.165, 1.54) is 0 Å². The lowest BCUT2D eigenvalue weighted by Gasteiger charge is -2.35. The van der Waals surface area contributed by atoms with Gasteiger partial charge in [-0.1, -0.05) is 6.07 Å². The number of aromatic nitrogens is 1. The summed E-state index contributed by atoms with van der Waals surface area (Å²) < 4.78 is 0.867. The van der Waals surface area contributed by atoms with Gasteiger partial charge in [-0.15, -0.1) is 11.3 Å². The number of hydrogen-bond acceptors (Lipinski definition) is 5. The average Bonchev–Trinajstić information content (AvgIpc) is 3.21. The summed E-state index contributed by atoms with van der Waals surface area (Å²) in [5.41, 5.74) is 0. The second kappa shape index (κ2) is 9.43. The van der Waals surface area contributed by atoms with Crippen LogP contribution in [0.1, 0.15) is 24.6 Å². The third kappa shape index (κ3) is 5.60. The molecule has 0 saturated carbocycles. The number of anilines is 1. The van der Waals surface area contributed by atoms with E-state index in [0.29, 0.717) is 18.9 Å². The molecular formula is C19H23BrN4O2S. The molecule has 0 radical (unpaired) electrons. The molecule has 0 aromatic carbocycles. The van der Waals surface area contributed by atoms with Crippen LogP contribution in [0.5, 0.6) is 0 Å². The molecule has 1 fully saturated rings. The molecular weight excluding hydrogens is 428 g/mol. The normalized spacial score (nSPS) is 18.7. The molecule has 2 aromatic heterocycles. The molecule has 6 nitrogen and oxygen atoms in total. The lowest BCUT2D eigenvalue weighted by Crippen LogP contribution is -2.50. The summed E-state index contributed by atoms with van der Waals surface area (Å²) in [6.07, 6.45) is 3.37. The summed E-state index contributed by atoms with van der Waals surface area (Å²) in [5.74, 6) is 0.360. The van der Waals surface area contributed by atoms with Gasteiger partial charge in [0.05, 0.1) is 18.5 Å². The van der Waals surface area contributed by atoms with Gasteiger partial charge < -0.3 is 10.6 Å². The van der Waals surface area contributed by atoms with Crippen LogP contribution in [0.2, 0.25) is 0 Å². The van der Waals surface area contributed by atoms with Gasteiger partial charge in [-0.05, 0) is 65.8 Å². The Morgan fingerprint density at radius 1 is 1.41 bits per heavy atom. The summed E-state index contributed by atoms with van der Waals surface area (Å²) in [4.78, 5) is 32.5. The SMILES string of the molecule is CC(C(=O)NCc1cccs1)N1CCCC(C(=O)Nc2ccc(Br)cn2)C1. The molecule has 27 heavy (non-hydrogen) atoms. The van der Waals surface area contributed by atoms with Crippen LogP contribution in [0.4, 0.5) is 5.82 Å². The van der Waals surface area contributed by atoms with Crippen molar-refractivity contribution >= 4 is 44.9 Å². The molecule has 144 valence electrons. The van der Waals surface area contributed by atoms with Crippen molar-refractivity contribution in [1.29, 1.82) is 0 Å². The zero-order valence-electron chi connectivity index (χ0n) is 15.2. The number of hydrogen-bond donors (Lipinski definition) is 2. The zero-order valence-corrected chi connectivity index (χ0v) is 17.6. The van der Waals surface area contributed by atoms with E-state index in [0.717, 1.165) is 28.7 Å². The summed E-state index contributed by atoms with van der Waals surface area (Å²) in [6, 6.07) is 7.34. The number of nitrogens with zero attached hydrogens (tertiary/aromatic N) is 2. The van der Waals surface area contributed by atoms with E-state index in [4.69, 9.17) is 0 Å². The van der Waals surface area contributed by atoms with Gasteiger partial charge in [0.2, 0.25) is 11.8 Å². The topological polar surface area (TPSA) is 74.3 Å². The number of pyridine rings is 1. The fraction of sp³-hybridized carbons (Fsp3) is 0.421. The second-order valence-corrected chi connectivity index (χ2v) is 8.61. The molecule has 2 atom stereocenters. The minimum Gasteiger partial charge on any atom is -0.350 e. The molecule has 1 aliphatic rings. The third-order valence-electron chi connectivity index (χ3n) is 4.75. The van der Waals surface area contributed by atoms with Crippen molar-refractivity contribution in [3.05, 3.63) is 45.2 Å². The van der Waals surface area contributed by atoms with E-state index in [1.807, 2.05) is 30.5 Å². The highest BCUT2D eigenvalue weighted by atomic mass is 79.9. The molecule has 2 aromatic rings. The first-order valence-electron chi connectivity index (χ1n) is 8.99. The predicted octanol–water partition coefficient (Wildman–Crippen LogP) is 3.26. The first kappa shape index (κ1) is 20.0. The van der Waals surface area contributed by atoms with Crippen LogP contribution >= 0.6 is 27.3 Å². The first-order chi connectivity index (χ1) is 13.0. The number of halogens is 1. The van der Waals surface area contributed by atoms with Gasteiger partial charge in [0.25, 0.3) is 0 Å². The predicted molar refractivity (Wildman–Crippen MR) is 110 cm³/mol. The third-order valence-corrected chi connectivity index (χ3v) is 6.09. The van der Waals surface area contributed by atoms with E-state index < -0.39 is 0 Å². The van der Waals surface area contributed by atoms with Crippen molar-refractivity contribution in [2.24, 2.45) is 5.92 Å². The molecule has 2 N–H and O–H groups in total. The van der Waals surface area contributed by atoms with E-state index in [-0.39, 0.29) is 23.8 Å². The van der Waals surface area contributed by atoms with Crippen LogP contribution < -0.4 is 10.6 Å². The fourth-order valence-electron chi connectivity index (χ4n) is 3.15. The Hall–Kier alpha value is -1.77. The van der Waals surface area contributed by atoms with Crippen LogP contribution in [0.25, 0.3) is 0 Å². The zero-order chi connectivity index (χ0) is 19.2. The molecule has 1 aliphatic heterocycles. The van der Waals surface area contributed by atoms with Gasteiger partial charge in [0, 0.05) is 22.1 Å². The lowest BCUT2D eigenvalue weighted by atomic mass is 9.96. The van der Waals surface area contributed by atoms with Crippen LogP contribution in [0, 0.1) is 5.92 Å². The number of piperidine rings is 1. The number of carbonyl (C=O) groups excluding carboxylic acids is 2. The second-order valence-electron chi connectivity index (χ2n) is 6.66. The molecule has 8 heteroatoms. The quantitative estimate of drug-likeness (QED) is 0.707. The maximum absolute atomic E-state index is 12.6. The molecule has 0 aliphatic carbocycles. The average molecular weight is 451 g/mol. The van der Waals surface area contributed by atoms with Crippen molar-refractivity contribution in [1.82, 2.24) is 15.2 Å². The van der Waals surface area contributed by atoms with Crippen molar-refractivity contribution in [3.63, 3.8) is 0 Å². The van der Waals surface area contributed by atoms with E-state index in [9.17, 15) is 9.59 Å². The fourth-order valence-corrected chi connectivity index (χ4v) is 4.03. The molecule has 1 saturated heterocycles. The Morgan fingerprint density at radius 2 is 2.26 bits per heavy atom. The standard InChI is InChI=1S/C19H23BrN4O2S/c1-13(18(25)22-11-16-5-3-9-27-16)24-8-2-4-14(12-24)19(26)23-17-7-6-15(20)10-21-17/h3,5-7,9-10,13-14H,2,4,8,11-12H2,1H3,(H,22,25)(H,21,23,26). The van der Waals surface area contributed by atoms with Crippen molar-refractivity contribution in [2.45, 2.75) is 32.4 Å². The molecule has 3 rings (SSSR count). The Bertz CT molecular complexity index is 767. The van der Waals surface area contributed by atoms with Crippen LogP contribution in [-0.4, -0.2) is 40.8 Å². The Morgan fingerprint density at radius 3 is 2.96 bits per heavy atom. The molecule has 0 bridgehead atoms. The van der Waals surface area contributed by atoms with Crippen molar-refractivity contribution in [2.75, 3.05) is 18.4 Å². The van der Waals surface area contributed by atoms with E-state index in [1.54, 1.807) is 23.6 Å². The van der Waals surface area contributed by atoms with Crippen molar-refractivity contribution in [3.8, 4) is 0 Å². The number of thiophene rings is 1. The summed E-state index contributed by atoms with van der Waals surface area (Å²) in [7, 11) is 0. The molecule has 2 unspecified atom stereocenters. The first-order valence-corrected chi connectivity index (χ1v) is 10.7. The number of likely N-dealkylation sites (tertiary alicyclic amines) is 1. The minimum atomic E-state index is -0.258. The summed E-state index contributed by atoms with van der Waals surface area (Å²) in [5, 5.41) is 7.86. The van der Waals surface area contributed by atoms with Crippen molar-refractivity contribution < 1.29 is 9.59 Å². The molecule has 3 heterocycles. The number of nitrogens with one attached hydrogen (secondary N) is 2. The summed E-state index contributed by atoms with van der Waals surface area (Å²) in [6.45, 7) is 3.86. The van der Waals surface area contributed by atoms with E-state index in [2.05, 4.69) is 36.4 Å².